The van der Waals surface area contributed by atoms with Gasteiger partial charge in [-0.2, -0.15) is 5.10 Å². The van der Waals surface area contributed by atoms with Crippen LogP contribution in [0.5, 0.6) is 0 Å². The SMILES string of the molecule is O=C(NC[C@H](c1ccncc1)N1CCOCC1)c1cccc(Cn2cccn2)c1. The molecule has 1 aliphatic heterocycles. The van der Waals surface area contributed by atoms with Crippen molar-refractivity contribution < 1.29 is 9.53 Å². The van der Waals surface area contributed by atoms with Crippen LogP contribution in [0, 0.1) is 0 Å². The summed E-state index contributed by atoms with van der Waals surface area (Å²) in [6.07, 6.45) is 7.25. The Hall–Kier alpha value is -3.03. The Balaban J connectivity index is 1.43. The van der Waals surface area contributed by atoms with Crippen molar-refractivity contribution in [3.8, 4) is 0 Å². The van der Waals surface area contributed by atoms with Crippen molar-refractivity contribution in [2.45, 2.75) is 12.6 Å². The van der Waals surface area contributed by atoms with Crippen molar-refractivity contribution in [1.29, 1.82) is 0 Å². The Labute approximate surface area is 170 Å². The molecule has 0 bridgehead atoms. The zero-order chi connectivity index (χ0) is 19.9. The maximum atomic E-state index is 12.8. The number of ether oxygens (including phenoxy) is 1. The largest absolute Gasteiger partial charge is 0.379 e. The smallest absolute Gasteiger partial charge is 0.251 e. The Kier molecular flexibility index (Phi) is 6.29. The maximum absolute atomic E-state index is 12.8. The summed E-state index contributed by atoms with van der Waals surface area (Å²) in [6.45, 7) is 4.30. The van der Waals surface area contributed by atoms with Gasteiger partial charge in [0.05, 0.1) is 25.8 Å². The van der Waals surface area contributed by atoms with Crippen LogP contribution < -0.4 is 5.32 Å². The molecular formula is C22H25N5O2. The van der Waals surface area contributed by atoms with Crippen molar-refractivity contribution in [1.82, 2.24) is 25.0 Å². The lowest BCUT2D eigenvalue weighted by Gasteiger charge is -2.34. The van der Waals surface area contributed by atoms with Gasteiger partial charge in [0.1, 0.15) is 0 Å². The first-order valence-corrected chi connectivity index (χ1v) is 9.86. The summed E-state index contributed by atoms with van der Waals surface area (Å²) in [4.78, 5) is 19.3. The molecule has 1 fully saturated rings. The normalized spacial score (nSPS) is 15.7. The molecule has 4 rings (SSSR count). The van der Waals surface area contributed by atoms with E-state index in [0.717, 1.165) is 24.2 Å². The minimum atomic E-state index is -0.0698. The van der Waals surface area contributed by atoms with Crippen LogP contribution in [0.15, 0.2) is 67.3 Å². The van der Waals surface area contributed by atoms with Crippen LogP contribution in [0.3, 0.4) is 0 Å². The maximum Gasteiger partial charge on any atom is 0.251 e. The Morgan fingerprint density at radius 3 is 2.69 bits per heavy atom. The van der Waals surface area contributed by atoms with Crippen LogP contribution in [-0.2, 0) is 11.3 Å². The number of nitrogens with one attached hydrogen (secondary N) is 1. The second kappa shape index (κ2) is 9.45. The van der Waals surface area contributed by atoms with Gasteiger partial charge >= 0.3 is 0 Å². The molecule has 0 unspecified atom stereocenters. The van der Waals surface area contributed by atoms with Gasteiger partial charge in [-0.05, 0) is 41.5 Å². The molecule has 1 saturated heterocycles. The van der Waals surface area contributed by atoms with E-state index in [1.807, 2.05) is 53.3 Å². The second-order valence-corrected chi connectivity index (χ2v) is 7.06. The fourth-order valence-corrected chi connectivity index (χ4v) is 3.62. The third-order valence-corrected chi connectivity index (χ3v) is 5.13. The lowest BCUT2D eigenvalue weighted by Crippen LogP contribution is -2.43. The van der Waals surface area contributed by atoms with Crippen molar-refractivity contribution in [2.24, 2.45) is 0 Å². The van der Waals surface area contributed by atoms with Crippen LogP contribution in [0.4, 0.5) is 0 Å². The first-order chi connectivity index (χ1) is 14.3. The molecule has 2 aromatic heterocycles. The summed E-state index contributed by atoms with van der Waals surface area (Å²) in [5.41, 5.74) is 2.85. The molecule has 0 radical (unpaired) electrons. The van der Waals surface area contributed by atoms with Gasteiger partial charge in [0.15, 0.2) is 0 Å². The number of rotatable bonds is 7. The molecule has 1 amide bonds. The zero-order valence-electron chi connectivity index (χ0n) is 16.3. The Morgan fingerprint density at radius 2 is 1.93 bits per heavy atom. The number of carbonyl (C=O) groups is 1. The third kappa shape index (κ3) is 5.07. The van der Waals surface area contributed by atoms with Gasteiger partial charge in [-0.1, -0.05) is 12.1 Å². The van der Waals surface area contributed by atoms with E-state index in [1.165, 1.54) is 0 Å². The van der Waals surface area contributed by atoms with E-state index in [-0.39, 0.29) is 11.9 Å². The number of morpholine rings is 1. The molecule has 29 heavy (non-hydrogen) atoms. The fraction of sp³-hybridized carbons (Fsp3) is 0.318. The summed E-state index contributed by atoms with van der Waals surface area (Å²) >= 11 is 0. The fourth-order valence-electron chi connectivity index (χ4n) is 3.62. The van der Waals surface area contributed by atoms with Gasteiger partial charge in [0.25, 0.3) is 5.91 Å². The minimum absolute atomic E-state index is 0.0698. The number of benzene rings is 1. The van der Waals surface area contributed by atoms with Gasteiger partial charge in [-0.25, -0.2) is 0 Å². The molecular weight excluding hydrogens is 366 g/mol. The number of amides is 1. The summed E-state index contributed by atoms with van der Waals surface area (Å²) < 4.78 is 7.33. The van der Waals surface area contributed by atoms with Crippen LogP contribution >= 0.6 is 0 Å². The highest BCUT2D eigenvalue weighted by Crippen LogP contribution is 2.21. The van der Waals surface area contributed by atoms with E-state index >= 15 is 0 Å². The van der Waals surface area contributed by atoms with E-state index in [0.29, 0.717) is 31.9 Å². The first-order valence-electron chi connectivity index (χ1n) is 9.86. The van der Waals surface area contributed by atoms with Crippen LogP contribution in [0.25, 0.3) is 0 Å². The molecule has 150 valence electrons. The molecule has 3 heterocycles. The van der Waals surface area contributed by atoms with Crippen LogP contribution in [0.1, 0.15) is 27.5 Å². The third-order valence-electron chi connectivity index (χ3n) is 5.13. The van der Waals surface area contributed by atoms with Crippen molar-refractivity contribution in [2.75, 3.05) is 32.8 Å². The van der Waals surface area contributed by atoms with Gasteiger partial charge in [0.2, 0.25) is 0 Å². The molecule has 0 aliphatic carbocycles. The van der Waals surface area contributed by atoms with E-state index < -0.39 is 0 Å². The topological polar surface area (TPSA) is 72.3 Å². The summed E-state index contributed by atoms with van der Waals surface area (Å²) in [6, 6.07) is 13.7. The van der Waals surface area contributed by atoms with Gasteiger partial charge < -0.3 is 10.1 Å². The van der Waals surface area contributed by atoms with E-state index in [2.05, 4.69) is 20.3 Å². The number of pyridine rings is 1. The highest BCUT2D eigenvalue weighted by atomic mass is 16.5. The Morgan fingerprint density at radius 1 is 1.10 bits per heavy atom. The summed E-state index contributed by atoms with van der Waals surface area (Å²) in [5.74, 6) is -0.0698. The molecule has 3 aromatic rings. The molecule has 1 aliphatic rings. The van der Waals surface area contributed by atoms with Gasteiger partial charge in [-0.15, -0.1) is 0 Å². The Bertz CT molecular complexity index is 908. The van der Waals surface area contributed by atoms with Crippen molar-refractivity contribution in [3.63, 3.8) is 0 Å². The average Bonchev–Trinajstić information content (AvgIpc) is 3.28. The van der Waals surface area contributed by atoms with E-state index in [4.69, 9.17) is 4.74 Å². The van der Waals surface area contributed by atoms with Crippen molar-refractivity contribution >= 4 is 5.91 Å². The molecule has 1 N–H and O–H groups in total. The molecule has 0 spiro atoms. The lowest BCUT2D eigenvalue weighted by atomic mass is 10.1. The van der Waals surface area contributed by atoms with Gasteiger partial charge in [0, 0.05) is 50.0 Å². The predicted molar refractivity (Wildman–Crippen MR) is 109 cm³/mol. The average molecular weight is 391 g/mol. The van der Waals surface area contributed by atoms with Gasteiger partial charge in [-0.3, -0.25) is 19.4 Å². The molecule has 1 atom stereocenters. The van der Waals surface area contributed by atoms with E-state index in [9.17, 15) is 4.79 Å². The molecule has 7 nitrogen and oxygen atoms in total. The number of hydrogen-bond donors (Lipinski definition) is 1. The lowest BCUT2D eigenvalue weighted by molar-refractivity contribution is 0.0162. The highest BCUT2D eigenvalue weighted by molar-refractivity contribution is 5.94. The first kappa shape index (κ1) is 19.3. The number of nitrogens with zero attached hydrogens (tertiary/aromatic N) is 4. The summed E-state index contributed by atoms with van der Waals surface area (Å²) in [5, 5.41) is 7.34. The molecule has 0 saturated carbocycles. The van der Waals surface area contributed by atoms with Crippen molar-refractivity contribution in [3.05, 3.63) is 83.9 Å². The quantitative estimate of drug-likeness (QED) is 0.668. The number of aromatic nitrogens is 3. The van der Waals surface area contributed by atoms with E-state index in [1.54, 1.807) is 18.6 Å². The standard InChI is InChI=1S/C22H25N5O2/c28-22(20-4-1-3-18(15-20)17-27-10-2-7-25-27)24-16-21(19-5-8-23-9-6-19)26-11-13-29-14-12-26/h1-10,15,21H,11-14,16-17H2,(H,24,28)/t21-/m1/s1. The van der Waals surface area contributed by atoms with Crippen LogP contribution in [0.2, 0.25) is 0 Å². The zero-order valence-corrected chi connectivity index (χ0v) is 16.3. The summed E-state index contributed by atoms with van der Waals surface area (Å²) in [7, 11) is 0. The number of carbonyl (C=O) groups excluding carboxylic acids is 1. The monoisotopic (exact) mass is 391 g/mol. The molecule has 7 heteroatoms. The highest BCUT2D eigenvalue weighted by Gasteiger charge is 2.23. The predicted octanol–water partition coefficient (Wildman–Crippen LogP) is 2.13. The minimum Gasteiger partial charge on any atom is -0.379 e. The second-order valence-electron chi connectivity index (χ2n) is 7.06. The molecule has 1 aromatic carbocycles. The number of hydrogen-bond acceptors (Lipinski definition) is 5. The van der Waals surface area contributed by atoms with Crippen LogP contribution in [-0.4, -0.2) is 58.4 Å².